The molecular weight excluding hydrogens is 548 g/mol. The van der Waals surface area contributed by atoms with Crippen LogP contribution in [0.3, 0.4) is 0 Å². The first-order valence-corrected chi connectivity index (χ1v) is 13.8. The van der Waals surface area contributed by atoms with Gasteiger partial charge in [0.25, 0.3) is 11.8 Å². The lowest BCUT2D eigenvalue weighted by Gasteiger charge is -2.02. The van der Waals surface area contributed by atoms with Gasteiger partial charge in [0.15, 0.2) is 0 Å². The molecule has 2 amide bonds. The fourth-order valence-electron chi connectivity index (χ4n) is 5.34. The summed E-state index contributed by atoms with van der Waals surface area (Å²) >= 11 is 0. The zero-order valence-corrected chi connectivity index (χ0v) is 24.6. The number of carbonyl (C=O) groups excluding carboxylic acids is 2. The van der Waals surface area contributed by atoms with Crippen LogP contribution in [0, 0.1) is 13.8 Å². The van der Waals surface area contributed by atoms with E-state index in [1.165, 1.54) is 6.08 Å². The molecule has 0 saturated carbocycles. The Labute approximate surface area is 248 Å². The Morgan fingerprint density at radius 1 is 0.767 bits per heavy atom. The number of carbonyl (C=O) groups is 4. The monoisotopic (exact) mass is 582 g/mol. The van der Waals surface area contributed by atoms with Gasteiger partial charge in [0.1, 0.15) is 0 Å². The molecule has 2 aliphatic heterocycles. The van der Waals surface area contributed by atoms with Crippen molar-refractivity contribution in [3.05, 3.63) is 97.6 Å². The van der Waals surface area contributed by atoms with E-state index in [4.69, 9.17) is 0 Å². The van der Waals surface area contributed by atoms with Crippen molar-refractivity contribution in [3.63, 3.8) is 0 Å². The molecule has 222 valence electrons. The average molecular weight is 583 g/mol. The van der Waals surface area contributed by atoms with Crippen LogP contribution in [0.1, 0.15) is 60.3 Å². The zero-order chi connectivity index (χ0) is 31.6. The van der Waals surface area contributed by atoms with Crippen LogP contribution in [0.4, 0.5) is 0 Å². The highest BCUT2D eigenvalue weighted by Gasteiger charge is 2.23. The summed E-state index contributed by atoms with van der Waals surface area (Å²) in [5.41, 5.74) is 7.97. The molecule has 0 fully saturated rings. The summed E-state index contributed by atoms with van der Waals surface area (Å²) in [4.78, 5) is 58.4. The van der Waals surface area contributed by atoms with Crippen LogP contribution in [0.15, 0.2) is 58.3 Å². The molecule has 0 bridgehead atoms. The van der Waals surface area contributed by atoms with E-state index in [1.807, 2.05) is 19.9 Å². The minimum Gasteiger partial charge on any atom is -0.481 e. The molecular formula is C33H34N4O6. The number of amides is 2. The summed E-state index contributed by atoms with van der Waals surface area (Å²) in [6, 6.07) is 0. The second-order valence-corrected chi connectivity index (χ2v) is 10.5. The Hall–Kier alpha value is -5.25. The quantitative estimate of drug-likeness (QED) is 0.273. The molecule has 5 N–H and O–H groups in total. The number of nitrogens with zero attached hydrogens (tertiary/aromatic N) is 1. The number of rotatable bonds is 11. The molecule has 2 aromatic heterocycles. The lowest BCUT2D eigenvalue weighted by molar-refractivity contribution is -0.138. The number of carboxylic acid groups (broad SMARTS) is 2. The second kappa shape index (κ2) is 12.3. The standard InChI is InChI=1S/C33H34N4O6/c1-7-20-19(6)32(42)37-27(20)14-25-18(5)23(10-12-31(40)41)29(35-25)15-28-22(9-11-30(38)39)17(4)24(34-28)13-26-16(3)21(8-2)33(43)36-26/h7-8,13-15,34-35H,1-2,9-12H2,3-6H3,(H,37,42)(H,38,39)(H,40,41)/b24-13-,27-14-,28-15-. The van der Waals surface area contributed by atoms with Gasteiger partial charge in [-0.05, 0) is 86.6 Å². The molecule has 0 atom stereocenters. The average Bonchev–Trinajstić information content (AvgIpc) is 3.59. The van der Waals surface area contributed by atoms with Crippen molar-refractivity contribution < 1.29 is 29.4 Å². The Morgan fingerprint density at radius 3 is 1.98 bits per heavy atom. The minimum absolute atomic E-state index is 0.0943. The number of allylic oxidation sites excluding steroid dienone is 2. The number of carboxylic acids is 2. The maximum Gasteiger partial charge on any atom is 0.303 e. The molecule has 2 aliphatic rings. The number of hydrogen-bond donors (Lipinski definition) is 5. The number of H-pyrrole nitrogens is 2. The smallest absolute Gasteiger partial charge is 0.303 e. The first-order valence-electron chi connectivity index (χ1n) is 13.8. The number of aliphatic carboxylic acids is 2. The van der Waals surface area contributed by atoms with Gasteiger partial charge in [0.05, 0.1) is 11.4 Å². The highest BCUT2D eigenvalue weighted by atomic mass is 16.4. The third-order valence-electron chi connectivity index (χ3n) is 7.87. The van der Waals surface area contributed by atoms with Crippen molar-refractivity contribution in [1.82, 2.24) is 15.3 Å². The topological polar surface area (TPSA) is 165 Å². The van der Waals surface area contributed by atoms with Gasteiger partial charge in [0, 0.05) is 51.6 Å². The van der Waals surface area contributed by atoms with Gasteiger partial charge in [-0.3, -0.25) is 19.2 Å². The fourth-order valence-corrected chi connectivity index (χ4v) is 5.34. The maximum atomic E-state index is 12.3. The molecule has 0 spiro atoms. The van der Waals surface area contributed by atoms with Crippen LogP contribution in [0.25, 0.3) is 18.2 Å². The molecule has 4 heterocycles. The van der Waals surface area contributed by atoms with Gasteiger partial charge in [-0.25, -0.2) is 4.99 Å². The van der Waals surface area contributed by atoms with Crippen LogP contribution >= 0.6 is 0 Å². The van der Waals surface area contributed by atoms with Crippen LogP contribution in [0.5, 0.6) is 0 Å². The summed E-state index contributed by atoms with van der Waals surface area (Å²) in [6.45, 7) is 14.8. The van der Waals surface area contributed by atoms with Crippen LogP contribution < -0.4 is 16.0 Å². The van der Waals surface area contributed by atoms with Crippen LogP contribution in [0.2, 0.25) is 0 Å². The number of hydrogen-bond acceptors (Lipinski definition) is 4. The van der Waals surface area contributed by atoms with E-state index < -0.39 is 11.9 Å². The fraction of sp³-hybridized carbons (Fsp3) is 0.242. The third-order valence-corrected chi connectivity index (χ3v) is 7.87. The lowest BCUT2D eigenvalue weighted by Crippen LogP contribution is -2.15. The van der Waals surface area contributed by atoms with E-state index in [1.54, 1.807) is 32.1 Å². The van der Waals surface area contributed by atoms with Gasteiger partial charge >= 0.3 is 11.9 Å². The van der Waals surface area contributed by atoms with Crippen molar-refractivity contribution in [2.45, 2.75) is 53.4 Å². The van der Waals surface area contributed by atoms with Crippen molar-refractivity contribution in [2.75, 3.05) is 0 Å². The summed E-state index contributed by atoms with van der Waals surface area (Å²) in [7, 11) is 0. The van der Waals surface area contributed by atoms with Crippen LogP contribution in [-0.2, 0) is 32.0 Å². The predicted octanol–water partition coefficient (Wildman–Crippen LogP) is 3.06. The first-order chi connectivity index (χ1) is 20.4. The van der Waals surface area contributed by atoms with E-state index in [0.29, 0.717) is 55.8 Å². The van der Waals surface area contributed by atoms with Gasteiger partial charge in [-0.1, -0.05) is 25.3 Å². The molecule has 0 aliphatic carbocycles. The van der Waals surface area contributed by atoms with Crippen molar-refractivity contribution in [1.29, 1.82) is 0 Å². The Balaban J connectivity index is 1.92. The Bertz CT molecular complexity index is 1860. The first kappa shape index (κ1) is 30.7. The normalized spacial score (nSPS) is 16.9. The summed E-state index contributed by atoms with van der Waals surface area (Å²) < 4.78 is 0. The SMILES string of the molecule is C=CC1=C(C)C(/C=c2\[nH]/c(=C\c3[nH]c(/C=C4\NC(=O)C(C)=C4C=C)c(C)c3CCC(=O)O)c(CCC(=O)O)c2C)=NC1=O. The Kier molecular flexibility index (Phi) is 8.80. The highest BCUT2D eigenvalue weighted by molar-refractivity contribution is 6.31. The largest absolute Gasteiger partial charge is 0.481 e. The van der Waals surface area contributed by atoms with E-state index in [0.717, 1.165) is 22.3 Å². The molecule has 10 heteroatoms. The molecule has 4 rings (SSSR count). The number of aliphatic imine (C=N–C) groups is 1. The van der Waals surface area contributed by atoms with E-state index >= 15 is 0 Å². The van der Waals surface area contributed by atoms with Gasteiger partial charge in [0.2, 0.25) is 0 Å². The molecule has 0 aromatic carbocycles. The number of nitrogens with one attached hydrogen (secondary N) is 3. The zero-order valence-electron chi connectivity index (χ0n) is 24.6. The molecule has 0 radical (unpaired) electrons. The summed E-state index contributed by atoms with van der Waals surface area (Å²) in [6.07, 6.45) is 8.80. The van der Waals surface area contributed by atoms with Gasteiger partial charge in [-0.2, -0.15) is 0 Å². The van der Waals surface area contributed by atoms with Crippen molar-refractivity contribution in [3.8, 4) is 0 Å². The summed E-state index contributed by atoms with van der Waals surface area (Å²) in [5.74, 6) is -2.46. The van der Waals surface area contributed by atoms with Crippen molar-refractivity contribution in [2.24, 2.45) is 4.99 Å². The van der Waals surface area contributed by atoms with E-state index in [2.05, 4.69) is 33.4 Å². The van der Waals surface area contributed by atoms with Gasteiger partial charge in [-0.15, -0.1) is 0 Å². The van der Waals surface area contributed by atoms with Crippen LogP contribution in [-0.4, -0.2) is 49.6 Å². The number of aromatic amines is 2. The van der Waals surface area contributed by atoms with E-state index in [9.17, 15) is 29.4 Å². The molecule has 0 saturated heterocycles. The Morgan fingerprint density at radius 2 is 1.40 bits per heavy atom. The third kappa shape index (κ3) is 6.18. The van der Waals surface area contributed by atoms with Crippen molar-refractivity contribution >= 4 is 47.7 Å². The summed E-state index contributed by atoms with van der Waals surface area (Å²) in [5, 5.41) is 23.0. The minimum atomic E-state index is -0.941. The molecule has 2 aromatic rings. The second-order valence-electron chi connectivity index (χ2n) is 10.5. The maximum absolute atomic E-state index is 12.3. The van der Waals surface area contributed by atoms with Gasteiger partial charge < -0.3 is 25.5 Å². The molecule has 0 unspecified atom stereocenters. The molecule has 10 nitrogen and oxygen atoms in total. The predicted molar refractivity (Wildman–Crippen MR) is 165 cm³/mol. The number of aromatic nitrogens is 2. The highest BCUT2D eigenvalue weighted by Crippen LogP contribution is 2.27. The van der Waals surface area contributed by atoms with E-state index in [-0.39, 0.29) is 37.5 Å². The lowest BCUT2D eigenvalue weighted by atomic mass is 10.0. The molecule has 43 heavy (non-hydrogen) atoms.